The van der Waals surface area contributed by atoms with Gasteiger partial charge in [0.05, 0.1) is 12.1 Å². The molecule has 1 aromatic carbocycles. The van der Waals surface area contributed by atoms with Crippen LogP contribution in [0.4, 0.5) is 10.1 Å². The van der Waals surface area contributed by atoms with Gasteiger partial charge in [-0.25, -0.2) is 4.39 Å². The Morgan fingerprint density at radius 2 is 2.04 bits per heavy atom. The van der Waals surface area contributed by atoms with Crippen LogP contribution >= 0.6 is 0 Å². The van der Waals surface area contributed by atoms with Gasteiger partial charge in [0.1, 0.15) is 11.6 Å². The highest BCUT2D eigenvalue weighted by Crippen LogP contribution is 2.32. The minimum atomic E-state index is -0.503. The number of benzene rings is 1. The highest BCUT2D eigenvalue weighted by molar-refractivity contribution is 5.98. The van der Waals surface area contributed by atoms with Crippen LogP contribution in [0, 0.1) is 24.6 Å². The predicted molar refractivity (Wildman–Crippen MR) is 99.8 cm³/mol. The summed E-state index contributed by atoms with van der Waals surface area (Å²) in [6, 6.07) is 6.73. The summed E-state index contributed by atoms with van der Waals surface area (Å²) in [7, 11) is 0. The summed E-state index contributed by atoms with van der Waals surface area (Å²) in [5.74, 6) is 5.58. The molecule has 0 atom stereocenters. The minimum Gasteiger partial charge on any atom is -0.366 e. The molecule has 4 nitrogen and oxygen atoms in total. The van der Waals surface area contributed by atoms with Crippen LogP contribution < -0.4 is 10.2 Å². The fourth-order valence-corrected chi connectivity index (χ4v) is 3.03. The largest absolute Gasteiger partial charge is 0.366 e. The van der Waals surface area contributed by atoms with Gasteiger partial charge in [-0.05, 0) is 50.6 Å². The fraction of sp³-hybridized carbons (Fsp3) is 0.238. The first-order valence-corrected chi connectivity index (χ1v) is 8.29. The van der Waals surface area contributed by atoms with Crippen LogP contribution in [-0.4, -0.2) is 16.4 Å². The van der Waals surface area contributed by atoms with Crippen LogP contribution in [-0.2, 0) is 4.79 Å². The van der Waals surface area contributed by atoms with Gasteiger partial charge in [0.25, 0.3) is 0 Å². The van der Waals surface area contributed by atoms with E-state index in [2.05, 4.69) is 28.7 Å². The molecule has 0 radical (unpaired) electrons. The quantitative estimate of drug-likeness (QED) is 0.802. The zero-order valence-electron chi connectivity index (χ0n) is 15.1. The molecule has 2 heterocycles. The predicted octanol–water partition coefficient (Wildman–Crippen LogP) is 3.51. The van der Waals surface area contributed by atoms with Gasteiger partial charge in [0, 0.05) is 29.1 Å². The Labute approximate surface area is 152 Å². The first kappa shape index (κ1) is 17.7. The average molecular weight is 349 g/mol. The molecule has 0 aliphatic carbocycles. The number of halogens is 1. The van der Waals surface area contributed by atoms with Crippen molar-refractivity contribution in [2.45, 2.75) is 32.7 Å². The third-order valence-electron chi connectivity index (χ3n) is 4.09. The number of amides is 1. The van der Waals surface area contributed by atoms with Gasteiger partial charge in [-0.3, -0.25) is 14.7 Å². The van der Waals surface area contributed by atoms with Crippen molar-refractivity contribution in [1.29, 1.82) is 0 Å². The van der Waals surface area contributed by atoms with Crippen molar-refractivity contribution >= 4 is 11.6 Å². The maximum Gasteiger partial charge on any atom is 0.235 e. The molecule has 0 unspecified atom stereocenters. The molecule has 1 aromatic heterocycles. The van der Waals surface area contributed by atoms with Crippen molar-refractivity contribution in [1.82, 2.24) is 10.3 Å². The number of aromatic nitrogens is 1. The number of anilines is 1. The summed E-state index contributed by atoms with van der Waals surface area (Å²) in [5.41, 5.74) is 1.73. The first-order valence-electron chi connectivity index (χ1n) is 8.29. The molecule has 132 valence electrons. The molecule has 26 heavy (non-hydrogen) atoms. The van der Waals surface area contributed by atoms with Crippen LogP contribution in [0.3, 0.4) is 0 Å². The maximum atomic E-state index is 14.8. The van der Waals surface area contributed by atoms with Crippen LogP contribution in [0.5, 0.6) is 0 Å². The van der Waals surface area contributed by atoms with Gasteiger partial charge in [0.15, 0.2) is 0 Å². The highest BCUT2D eigenvalue weighted by atomic mass is 19.1. The molecule has 5 heteroatoms. The third-order valence-corrected chi connectivity index (χ3v) is 4.09. The van der Waals surface area contributed by atoms with Gasteiger partial charge in [-0.1, -0.05) is 18.4 Å². The summed E-state index contributed by atoms with van der Waals surface area (Å²) in [4.78, 5) is 17.9. The first-order chi connectivity index (χ1) is 12.3. The molecule has 1 aliphatic heterocycles. The summed E-state index contributed by atoms with van der Waals surface area (Å²) in [6.07, 6.45) is 3.57. The Bertz CT molecular complexity index is 896. The SMILES string of the molecule is C=C1NC(C)(C)CC(=O)N1c1c(C)cc(C#Cc2cccnc2)cc1F. The molecule has 0 spiro atoms. The second kappa shape index (κ2) is 6.64. The topological polar surface area (TPSA) is 45.2 Å². The molecule has 0 saturated carbocycles. The van der Waals surface area contributed by atoms with Crippen molar-refractivity contribution < 1.29 is 9.18 Å². The van der Waals surface area contributed by atoms with E-state index in [4.69, 9.17) is 0 Å². The van der Waals surface area contributed by atoms with Crippen LogP contribution in [0.25, 0.3) is 0 Å². The van der Waals surface area contributed by atoms with E-state index in [1.807, 2.05) is 19.9 Å². The monoisotopic (exact) mass is 349 g/mol. The summed E-state index contributed by atoms with van der Waals surface area (Å²) in [6.45, 7) is 9.47. The van der Waals surface area contributed by atoms with Crippen molar-refractivity contribution in [3.63, 3.8) is 0 Å². The summed E-state index contributed by atoms with van der Waals surface area (Å²) < 4.78 is 14.8. The molecule has 1 fully saturated rings. The lowest BCUT2D eigenvalue weighted by Crippen LogP contribution is -2.54. The van der Waals surface area contributed by atoms with E-state index in [0.717, 1.165) is 5.56 Å². The lowest BCUT2D eigenvalue weighted by atomic mass is 9.96. The number of nitrogens with one attached hydrogen (secondary N) is 1. The summed E-state index contributed by atoms with van der Waals surface area (Å²) >= 11 is 0. The Kier molecular flexibility index (Phi) is 4.52. The fourth-order valence-electron chi connectivity index (χ4n) is 3.03. The zero-order valence-corrected chi connectivity index (χ0v) is 15.1. The Balaban J connectivity index is 1.95. The zero-order chi connectivity index (χ0) is 18.9. The molecule has 2 aromatic rings. The van der Waals surface area contributed by atoms with Gasteiger partial charge in [0.2, 0.25) is 5.91 Å². The molecule has 1 saturated heterocycles. The molecular weight excluding hydrogens is 329 g/mol. The summed E-state index contributed by atoms with van der Waals surface area (Å²) in [5, 5.41) is 3.16. The van der Waals surface area contributed by atoms with Gasteiger partial charge < -0.3 is 5.32 Å². The van der Waals surface area contributed by atoms with Gasteiger partial charge in [-0.15, -0.1) is 0 Å². The number of carbonyl (C=O) groups is 1. The van der Waals surface area contributed by atoms with Gasteiger partial charge >= 0.3 is 0 Å². The van der Waals surface area contributed by atoms with Crippen LogP contribution in [0.2, 0.25) is 0 Å². The lowest BCUT2D eigenvalue weighted by Gasteiger charge is -2.40. The number of aryl methyl sites for hydroxylation is 1. The minimum absolute atomic E-state index is 0.185. The number of nitrogens with zero attached hydrogens (tertiary/aromatic N) is 2. The van der Waals surface area contributed by atoms with Crippen molar-refractivity contribution in [2.75, 3.05) is 4.90 Å². The third kappa shape index (κ3) is 3.60. The molecular formula is C21H20FN3O. The number of carbonyl (C=O) groups excluding carboxylic acids is 1. The number of pyridine rings is 1. The number of hydrogen-bond donors (Lipinski definition) is 1. The second-order valence-corrected chi connectivity index (χ2v) is 6.98. The van der Waals surface area contributed by atoms with Crippen molar-refractivity contribution in [2.24, 2.45) is 0 Å². The lowest BCUT2D eigenvalue weighted by molar-refractivity contribution is -0.120. The number of rotatable bonds is 1. The van der Waals surface area contributed by atoms with E-state index in [1.165, 1.54) is 11.0 Å². The van der Waals surface area contributed by atoms with E-state index in [-0.39, 0.29) is 18.0 Å². The molecule has 1 amide bonds. The number of hydrogen-bond acceptors (Lipinski definition) is 3. The molecule has 3 rings (SSSR count). The smallest absolute Gasteiger partial charge is 0.235 e. The van der Waals surface area contributed by atoms with E-state index < -0.39 is 11.4 Å². The van der Waals surface area contributed by atoms with E-state index in [9.17, 15) is 9.18 Å². The maximum absolute atomic E-state index is 14.8. The van der Waals surface area contributed by atoms with Crippen LogP contribution in [0.1, 0.15) is 37.0 Å². The molecule has 0 bridgehead atoms. The molecule has 1 N–H and O–H groups in total. The van der Waals surface area contributed by atoms with E-state index in [1.54, 1.807) is 31.5 Å². The van der Waals surface area contributed by atoms with E-state index >= 15 is 0 Å². The van der Waals surface area contributed by atoms with Crippen molar-refractivity contribution in [3.05, 3.63) is 71.6 Å². The van der Waals surface area contributed by atoms with Crippen molar-refractivity contribution in [3.8, 4) is 11.8 Å². The normalized spacial score (nSPS) is 15.9. The Morgan fingerprint density at radius 1 is 1.31 bits per heavy atom. The highest BCUT2D eigenvalue weighted by Gasteiger charge is 2.35. The standard InChI is InChI=1S/C21H20FN3O/c1-14-10-17(8-7-16-6-5-9-23-13-16)11-18(22)20(14)25-15(2)24-21(3,4)12-19(25)26/h5-6,9-11,13,24H,2,12H2,1,3-4H3. The van der Waals surface area contributed by atoms with Crippen LogP contribution in [0.15, 0.2) is 49.1 Å². The Morgan fingerprint density at radius 3 is 2.65 bits per heavy atom. The molecule has 1 aliphatic rings. The Hall–Kier alpha value is -3.13. The average Bonchev–Trinajstić information content (AvgIpc) is 2.54. The van der Waals surface area contributed by atoms with Gasteiger partial charge in [-0.2, -0.15) is 0 Å². The van der Waals surface area contributed by atoms with E-state index in [0.29, 0.717) is 16.9 Å². The second-order valence-electron chi connectivity index (χ2n) is 6.98.